The summed E-state index contributed by atoms with van der Waals surface area (Å²) in [6.45, 7) is 1.29. The molecule has 2 saturated heterocycles. The van der Waals surface area contributed by atoms with E-state index in [4.69, 9.17) is 0 Å². The van der Waals surface area contributed by atoms with Crippen LogP contribution in [0.4, 0.5) is 0 Å². The molecule has 1 aromatic rings. The Bertz CT molecular complexity index is 835. The smallest absolute Gasteiger partial charge is 0.269 e. The summed E-state index contributed by atoms with van der Waals surface area (Å²) >= 11 is 0. The molecule has 146 valence electrons. The Labute approximate surface area is 158 Å². The average Bonchev–Trinajstić information content (AvgIpc) is 3.18. The van der Waals surface area contributed by atoms with Gasteiger partial charge in [0.25, 0.3) is 5.91 Å². The minimum atomic E-state index is -3.02. The van der Waals surface area contributed by atoms with Crippen LogP contribution in [-0.2, 0) is 26.0 Å². The van der Waals surface area contributed by atoms with Gasteiger partial charge in [-0.1, -0.05) is 12.1 Å². The highest BCUT2D eigenvalue weighted by Crippen LogP contribution is 2.21. The number of nitrogens with one attached hydrogen (secondary N) is 2. The number of sulfone groups is 1. The van der Waals surface area contributed by atoms with Gasteiger partial charge in [0.05, 0.1) is 11.5 Å². The van der Waals surface area contributed by atoms with Crippen LogP contribution in [0.1, 0.15) is 41.6 Å². The highest BCUT2D eigenvalue weighted by Gasteiger charge is 2.29. The van der Waals surface area contributed by atoms with E-state index in [9.17, 15) is 22.8 Å². The molecule has 0 spiro atoms. The van der Waals surface area contributed by atoms with Crippen LogP contribution in [-0.4, -0.2) is 49.1 Å². The van der Waals surface area contributed by atoms with E-state index in [0.717, 1.165) is 18.5 Å². The van der Waals surface area contributed by atoms with E-state index >= 15 is 0 Å². The van der Waals surface area contributed by atoms with Crippen LogP contribution in [0.3, 0.4) is 0 Å². The van der Waals surface area contributed by atoms with Gasteiger partial charge in [-0.2, -0.15) is 0 Å². The molecule has 2 aliphatic rings. The summed E-state index contributed by atoms with van der Waals surface area (Å²) in [6.07, 6.45) is 2.02. The molecule has 0 saturated carbocycles. The summed E-state index contributed by atoms with van der Waals surface area (Å²) in [7, 11) is -3.02. The van der Waals surface area contributed by atoms with Crippen molar-refractivity contribution in [3.05, 3.63) is 35.4 Å². The first-order valence-corrected chi connectivity index (χ1v) is 10.8. The zero-order valence-electron chi connectivity index (χ0n) is 14.9. The van der Waals surface area contributed by atoms with E-state index in [2.05, 4.69) is 10.9 Å². The second-order valence-electron chi connectivity index (χ2n) is 7.09. The number of nitrogens with zero attached hydrogens (tertiary/aromatic N) is 1. The maximum absolute atomic E-state index is 12.1. The third-order valence-corrected chi connectivity index (χ3v) is 6.71. The van der Waals surface area contributed by atoms with Crippen molar-refractivity contribution in [2.45, 2.75) is 32.2 Å². The number of hydrazine groups is 1. The summed E-state index contributed by atoms with van der Waals surface area (Å²) < 4.78 is 22.8. The van der Waals surface area contributed by atoms with Crippen molar-refractivity contribution in [1.82, 2.24) is 15.8 Å². The molecule has 1 aromatic carbocycles. The summed E-state index contributed by atoms with van der Waals surface area (Å²) in [5.74, 6) is -0.767. The molecule has 0 unspecified atom stereocenters. The molecule has 1 atom stereocenters. The zero-order chi connectivity index (χ0) is 19.4. The lowest BCUT2D eigenvalue weighted by Crippen LogP contribution is -2.42. The van der Waals surface area contributed by atoms with Crippen LogP contribution in [0.25, 0.3) is 0 Å². The number of hydrogen-bond donors (Lipinski definition) is 2. The zero-order valence-corrected chi connectivity index (χ0v) is 15.8. The summed E-state index contributed by atoms with van der Waals surface area (Å²) in [4.78, 5) is 37.4. The number of carbonyl (C=O) groups excluding carboxylic acids is 3. The lowest BCUT2D eigenvalue weighted by molar-refractivity contribution is -0.128. The number of rotatable bonds is 5. The second-order valence-corrected chi connectivity index (χ2v) is 9.32. The maximum atomic E-state index is 12.1. The summed E-state index contributed by atoms with van der Waals surface area (Å²) in [6, 6.07) is 6.85. The first-order valence-electron chi connectivity index (χ1n) is 8.99. The Morgan fingerprint density at radius 3 is 2.48 bits per heavy atom. The van der Waals surface area contributed by atoms with Gasteiger partial charge in [0.2, 0.25) is 11.8 Å². The molecule has 0 aromatic heterocycles. The van der Waals surface area contributed by atoms with E-state index in [1.54, 1.807) is 29.2 Å². The molecule has 2 N–H and O–H groups in total. The van der Waals surface area contributed by atoms with Crippen molar-refractivity contribution in [3.63, 3.8) is 0 Å². The molecule has 0 radical (unpaired) electrons. The van der Waals surface area contributed by atoms with E-state index in [-0.39, 0.29) is 29.8 Å². The summed E-state index contributed by atoms with van der Waals surface area (Å²) in [5, 5.41) is 0. The van der Waals surface area contributed by atoms with Gasteiger partial charge in [0, 0.05) is 31.5 Å². The normalized spacial score (nSPS) is 21.3. The number of likely N-dealkylation sites (tertiary alicyclic amines) is 1. The van der Waals surface area contributed by atoms with Crippen molar-refractivity contribution in [1.29, 1.82) is 0 Å². The predicted molar refractivity (Wildman–Crippen MR) is 98.1 cm³/mol. The number of benzene rings is 1. The van der Waals surface area contributed by atoms with Crippen molar-refractivity contribution in [2.24, 2.45) is 5.92 Å². The van der Waals surface area contributed by atoms with Crippen LogP contribution in [0.5, 0.6) is 0 Å². The topological polar surface area (TPSA) is 113 Å². The first-order chi connectivity index (χ1) is 12.8. The molecular formula is C18H23N3O5S. The molecule has 0 aliphatic carbocycles. The minimum absolute atomic E-state index is 0.0232. The molecular weight excluding hydrogens is 370 g/mol. The van der Waals surface area contributed by atoms with Gasteiger partial charge in [0.1, 0.15) is 0 Å². The van der Waals surface area contributed by atoms with Gasteiger partial charge in [0.15, 0.2) is 9.84 Å². The standard InChI is InChI=1S/C18H23N3O5S/c22-16(10-14-7-9-27(25,26)12-14)19-20-18(24)15-5-3-13(4-6-15)11-21-8-1-2-17(21)23/h3-6,14H,1-2,7-12H2,(H,19,22)(H,20,24)/t14-/m1/s1. The molecule has 27 heavy (non-hydrogen) atoms. The van der Waals surface area contributed by atoms with Crippen LogP contribution in [0, 0.1) is 5.92 Å². The molecule has 2 aliphatic heterocycles. The monoisotopic (exact) mass is 393 g/mol. The van der Waals surface area contributed by atoms with E-state index in [0.29, 0.717) is 24.9 Å². The van der Waals surface area contributed by atoms with Crippen LogP contribution in [0.15, 0.2) is 24.3 Å². The fourth-order valence-corrected chi connectivity index (χ4v) is 5.26. The molecule has 2 heterocycles. The highest BCUT2D eigenvalue weighted by molar-refractivity contribution is 7.91. The van der Waals surface area contributed by atoms with Crippen molar-refractivity contribution in [3.8, 4) is 0 Å². The summed E-state index contributed by atoms with van der Waals surface area (Å²) in [5.41, 5.74) is 5.99. The lowest BCUT2D eigenvalue weighted by Gasteiger charge is -2.15. The van der Waals surface area contributed by atoms with Crippen LogP contribution in [0.2, 0.25) is 0 Å². The van der Waals surface area contributed by atoms with Crippen molar-refractivity contribution < 1.29 is 22.8 Å². The SMILES string of the molecule is O=C(C[C@H]1CCS(=O)(=O)C1)NNC(=O)c1ccc(CN2CCCC2=O)cc1. The van der Waals surface area contributed by atoms with Gasteiger partial charge in [-0.3, -0.25) is 25.2 Å². The fourth-order valence-electron chi connectivity index (χ4n) is 3.40. The molecule has 3 amide bonds. The third kappa shape index (κ3) is 5.29. The Kier molecular flexibility index (Phi) is 5.79. The second kappa shape index (κ2) is 8.08. The molecule has 8 nitrogen and oxygen atoms in total. The Hall–Kier alpha value is -2.42. The molecule has 0 bridgehead atoms. The minimum Gasteiger partial charge on any atom is -0.338 e. The molecule has 2 fully saturated rings. The van der Waals surface area contributed by atoms with Crippen LogP contribution >= 0.6 is 0 Å². The number of carbonyl (C=O) groups is 3. The maximum Gasteiger partial charge on any atom is 0.269 e. The van der Waals surface area contributed by atoms with Gasteiger partial charge in [-0.25, -0.2) is 8.42 Å². The fraction of sp³-hybridized carbons (Fsp3) is 0.500. The van der Waals surface area contributed by atoms with Gasteiger partial charge in [-0.15, -0.1) is 0 Å². The quantitative estimate of drug-likeness (QED) is 0.703. The largest absolute Gasteiger partial charge is 0.338 e. The first kappa shape index (κ1) is 19.3. The molecule has 9 heteroatoms. The van der Waals surface area contributed by atoms with Gasteiger partial charge < -0.3 is 4.90 Å². The number of hydrogen-bond acceptors (Lipinski definition) is 5. The molecule has 3 rings (SSSR count). The van der Waals surface area contributed by atoms with Gasteiger partial charge >= 0.3 is 0 Å². The van der Waals surface area contributed by atoms with E-state index < -0.39 is 21.7 Å². The Morgan fingerprint density at radius 1 is 1.15 bits per heavy atom. The van der Waals surface area contributed by atoms with Crippen LogP contribution < -0.4 is 10.9 Å². The van der Waals surface area contributed by atoms with E-state index in [1.165, 1.54) is 0 Å². The van der Waals surface area contributed by atoms with Crippen molar-refractivity contribution in [2.75, 3.05) is 18.1 Å². The van der Waals surface area contributed by atoms with E-state index in [1.807, 2.05) is 0 Å². The highest BCUT2D eigenvalue weighted by atomic mass is 32.2. The lowest BCUT2D eigenvalue weighted by atomic mass is 10.1. The third-order valence-electron chi connectivity index (χ3n) is 4.88. The predicted octanol–water partition coefficient (Wildman–Crippen LogP) is 0.395. The number of amides is 3. The van der Waals surface area contributed by atoms with Gasteiger partial charge in [-0.05, 0) is 36.5 Å². The van der Waals surface area contributed by atoms with Crippen molar-refractivity contribution >= 4 is 27.6 Å². The average molecular weight is 393 g/mol. The Morgan fingerprint density at radius 2 is 1.89 bits per heavy atom. The Balaban J connectivity index is 1.45.